The Morgan fingerprint density at radius 1 is 0.754 bits per heavy atom. The Labute approximate surface area is 399 Å². The molecular weight excluding hydrogens is 874 g/mol. The quantitative estimate of drug-likeness (QED) is 0.0506. The van der Waals surface area contributed by atoms with Crippen LogP contribution in [0.4, 0.5) is 13.2 Å². The lowest BCUT2D eigenvalue weighted by molar-refractivity contribution is -0.250. The van der Waals surface area contributed by atoms with Crippen molar-refractivity contribution in [2.75, 3.05) is 20.8 Å². The van der Waals surface area contributed by atoms with Crippen molar-refractivity contribution in [3.8, 4) is 0 Å². The average Bonchev–Trinajstić information content (AvgIpc) is 3.24. The normalized spacial score (nSPS) is 17.5. The zero-order valence-electron chi connectivity index (χ0n) is 42.2. The topological polar surface area (TPSA) is 46.2 Å². The van der Waals surface area contributed by atoms with Crippen molar-refractivity contribution in [2.45, 2.75) is 155 Å². The fraction of sp³-hybridized carbons (Fsp3) is 0.574. The molecule has 0 spiro atoms. The predicted octanol–water partition coefficient (Wildman–Crippen LogP) is 14.0. The molecule has 5 nitrogen and oxygen atoms in total. The highest BCUT2D eigenvalue weighted by Gasteiger charge is 2.62. The maximum absolute atomic E-state index is 15.3. The molecule has 0 unspecified atom stereocenters. The Balaban J connectivity index is 2.10. The van der Waals surface area contributed by atoms with Crippen LogP contribution in [0.3, 0.4) is 0 Å². The Morgan fingerprint density at radius 2 is 1.26 bits per heavy atom. The molecule has 0 aliphatic rings. The van der Waals surface area contributed by atoms with Gasteiger partial charge in [0.1, 0.15) is 6.10 Å². The van der Waals surface area contributed by atoms with Gasteiger partial charge in [-0.1, -0.05) is 179 Å². The van der Waals surface area contributed by atoms with Crippen molar-refractivity contribution in [3.63, 3.8) is 0 Å². The highest BCUT2D eigenvalue weighted by atomic mass is 32.1. The van der Waals surface area contributed by atoms with Gasteiger partial charge in [-0.05, 0) is 95.3 Å². The number of alkyl halides is 3. The fourth-order valence-electron chi connectivity index (χ4n) is 8.99. The summed E-state index contributed by atoms with van der Waals surface area (Å²) in [4.78, 5) is 0. The van der Waals surface area contributed by atoms with Gasteiger partial charge in [0.15, 0.2) is 8.32 Å². The van der Waals surface area contributed by atoms with Gasteiger partial charge in [-0.2, -0.15) is 13.2 Å². The maximum atomic E-state index is 15.3. The molecule has 0 aromatic heterocycles. The summed E-state index contributed by atoms with van der Waals surface area (Å²) in [5.74, 6) is -0.166. The molecule has 0 aliphatic carbocycles. The Bertz CT molecular complexity index is 1890. The van der Waals surface area contributed by atoms with Crippen molar-refractivity contribution < 1.29 is 36.2 Å². The number of rotatable bonds is 24. The van der Waals surface area contributed by atoms with Crippen LogP contribution in [0.2, 0.25) is 23.2 Å². The smallest absolute Gasteiger partial charge is 0.430 e. The average molecular weight is 955 g/mol. The van der Waals surface area contributed by atoms with Crippen molar-refractivity contribution in [3.05, 3.63) is 121 Å². The van der Waals surface area contributed by atoms with Crippen molar-refractivity contribution in [2.24, 2.45) is 23.7 Å². The zero-order chi connectivity index (χ0) is 49.0. The van der Waals surface area contributed by atoms with Crippen molar-refractivity contribution in [1.82, 2.24) is 0 Å². The first-order valence-corrected chi connectivity index (χ1v) is 28.6. The van der Waals surface area contributed by atoms with Crippen molar-refractivity contribution >= 4 is 44.3 Å². The first-order chi connectivity index (χ1) is 30.2. The summed E-state index contributed by atoms with van der Waals surface area (Å²) < 4.78 is 78.9. The molecule has 0 N–H and O–H groups in total. The van der Waals surface area contributed by atoms with E-state index in [4.69, 9.17) is 35.3 Å². The third-order valence-electron chi connectivity index (χ3n) is 13.9. The van der Waals surface area contributed by atoms with Crippen LogP contribution in [-0.4, -0.2) is 67.0 Å². The van der Waals surface area contributed by atoms with Crippen molar-refractivity contribution in [1.29, 1.82) is 0 Å². The molecular formula is C54H81F3O5SSi2. The maximum Gasteiger partial charge on any atom is 0.430 e. The molecule has 0 fully saturated rings. The van der Waals surface area contributed by atoms with Gasteiger partial charge < -0.3 is 23.1 Å². The minimum atomic E-state index is -4.90. The number of hydrogen-bond donors (Lipinski definition) is 0. The van der Waals surface area contributed by atoms with E-state index in [0.29, 0.717) is 25.4 Å². The summed E-state index contributed by atoms with van der Waals surface area (Å²) in [5, 5.41) is 1.50. The van der Waals surface area contributed by atoms with Gasteiger partial charge in [-0.15, -0.1) is 6.58 Å². The molecule has 11 heteroatoms. The van der Waals surface area contributed by atoms with Gasteiger partial charge in [0, 0.05) is 32.3 Å². The number of benzene rings is 3. The van der Waals surface area contributed by atoms with E-state index in [-0.39, 0.29) is 45.6 Å². The second-order valence-corrected chi connectivity index (χ2v) is 30.2. The van der Waals surface area contributed by atoms with E-state index in [1.807, 2.05) is 32.1 Å². The fourth-order valence-corrected chi connectivity index (χ4v) is 15.4. The van der Waals surface area contributed by atoms with Gasteiger partial charge in [-0.25, -0.2) is 0 Å². The SMILES string of the molecule is C=C[C@H](C)CCC[C@H](C)[C@H](OC(=S)[C@@](OC)(c1ccccc1)C(F)(F)F)/C(C)=C/[C@@H](C)[C@H](O[Si](C)(C)C(C)(C)C)[C@H](C)[C@@H](CCO[Si](c1ccccc1)(c1ccccc1)C(C)(C)C)OC. The highest BCUT2D eigenvalue weighted by Crippen LogP contribution is 2.45. The van der Waals surface area contributed by atoms with E-state index < -0.39 is 39.6 Å². The molecule has 8 atom stereocenters. The van der Waals surface area contributed by atoms with E-state index in [2.05, 4.69) is 137 Å². The molecule has 0 saturated carbocycles. The molecule has 362 valence electrons. The minimum absolute atomic E-state index is 0.0914. The molecule has 3 aromatic rings. The molecule has 3 aromatic carbocycles. The minimum Gasteiger partial charge on any atom is -0.476 e. The number of hydrogen-bond acceptors (Lipinski definition) is 6. The highest BCUT2D eigenvalue weighted by molar-refractivity contribution is 7.80. The Morgan fingerprint density at radius 3 is 1.69 bits per heavy atom. The number of methoxy groups -OCH3 is 2. The third kappa shape index (κ3) is 13.6. The van der Waals surface area contributed by atoms with Crippen LogP contribution in [0.15, 0.2) is 115 Å². The standard InChI is InChI=1S/C54H81F3O5SSi2/c1-17-39(2)28-27-29-40(3)48(61-50(63)53(59-14,54(55,56)57)44-30-21-18-22-31-44)41(4)38-42(5)49(62-64(15,16)51(7,8)9)43(6)47(58-13)36-37-60-65(52(10,11)12,45-32-23-19-24-33-45)46-34-25-20-26-35-46/h17-26,30-35,38-40,42-43,47-49H,1,27-29,36-37H2,2-16H3/b41-38+/t39-,40-,42+,43+,47+,48-,49-,53-/m0/s1. The molecule has 0 heterocycles. The second kappa shape index (κ2) is 23.9. The van der Waals surface area contributed by atoms with E-state index in [1.54, 1.807) is 25.3 Å². The predicted molar refractivity (Wildman–Crippen MR) is 274 cm³/mol. The largest absolute Gasteiger partial charge is 0.476 e. The van der Waals surface area contributed by atoms with Gasteiger partial charge in [0.2, 0.25) is 5.05 Å². The lowest BCUT2D eigenvalue weighted by Crippen LogP contribution is -2.66. The van der Waals surface area contributed by atoms with E-state index in [0.717, 1.165) is 25.5 Å². The van der Waals surface area contributed by atoms with Gasteiger partial charge in [0.05, 0.1) is 12.2 Å². The summed E-state index contributed by atoms with van der Waals surface area (Å²) in [6, 6.07) is 28.8. The molecule has 0 aliphatic heterocycles. The summed E-state index contributed by atoms with van der Waals surface area (Å²) in [6.07, 6.45) is 0.925. The van der Waals surface area contributed by atoms with E-state index >= 15 is 13.2 Å². The van der Waals surface area contributed by atoms with Gasteiger partial charge >= 0.3 is 6.18 Å². The molecule has 0 radical (unpaired) electrons. The molecule has 65 heavy (non-hydrogen) atoms. The van der Waals surface area contributed by atoms with Crippen LogP contribution in [0.1, 0.15) is 107 Å². The zero-order valence-corrected chi connectivity index (χ0v) is 45.0. The molecule has 3 rings (SSSR count). The van der Waals surface area contributed by atoms with E-state index in [1.165, 1.54) is 22.5 Å². The number of ether oxygens (including phenoxy) is 3. The number of thiocarbonyl (C=S) groups is 1. The third-order valence-corrected chi connectivity index (χ3v) is 23.8. The van der Waals surface area contributed by atoms with Crippen LogP contribution in [0, 0.1) is 23.7 Å². The van der Waals surface area contributed by atoms with Gasteiger partial charge in [0.25, 0.3) is 13.9 Å². The van der Waals surface area contributed by atoms with Crippen LogP contribution < -0.4 is 10.4 Å². The van der Waals surface area contributed by atoms with Crippen LogP contribution in [-0.2, 0) is 28.7 Å². The summed E-state index contributed by atoms with van der Waals surface area (Å²) in [7, 11) is -2.39. The van der Waals surface area contributed by atoms with Crippen LogP contribution >= 0.6 is 12.2 Å². The number of halogens is 3. The summed E-state index contributed by atoms with van der Waals surface area (Å²) in [5.41, 5.74) is -2.30. The number of allylic oxidation sites excluding steroid dienone is 1. The van der Waals surface area contributed by atoms with Crippen LogP contribution in [0.5, 0.6) is 0 Å². The lowest BCUT2D eigenvalue weighted by Gasteiger charge is -2.45. The second-order valence-electron chi connectivity index (χ2n) is 20.7. The Kier molecular flexibility index (Phi) is 20.7. The molecule has 0 bridgehead atoms. The molecule has 0 saturated heterocycles. The van der Waals surface area contributed by atoms with E-state index in [9.17, 15) is 0 Å². The Hall–Kier alpha value is -2.91. The first-order valence-electron chi connectivity index (χ1n) is 23.4. The first kappa shape index (κ1) is 56.4. The monoisotopic (exact) mass is 955 g/mol. The van der Waals surface area contributed by atoms with Crippen LogP contribution in [0.25, 0.3) is 0 Å². The summed E-state index contributed by atoms with van der Waals surface area (Å²) in [6.45, 7) is 32.9. The van der Waals surface area contributed by atoms with Gasteiger partial charge in [-0.3, -0.25) is 0 Å². The lowest BCUT2D eigenvalue weighted by atomic mass is 9.85. The molecule has 0 amide bonds. The summed E-state index contributed by atoms with van der Waals surface area (Å²) >= 11 is 5.67.